The van der Waals surface area contributed by atoms with Gasteiger partial charge in [-0.15, -0.1) is 11.3 Å². The molecule has 0 saturated carbocycles. The molecular formula is C18H22N2O2S. The quantitative estimate of drug-likeness (QED) is 0.839. The molecule has 1 unspecified atom stereocenters. The van der Waals surface area contributed by atoms with Gasteiger partial charge in [-0.3, -0.25) is 0 Å². The Morgan fingerprint density at radius 1 is 1.39 bits per heavy atom. The van der Waals surface area contributed by atoms with E-state index in [-0.39, 0.29) is 11.3 Å². The van der Waals surface area contributed by atoms with Gasteiger partial charge in [-0.1, -0.05) is 32.9 Å². The predicted octanol–water partition coefficient (Wildman–Crippen LogP) is 4.48. The fourth-order valence-electron chi connectivity index (χ4n) is 3.24. The molecule has 4 nitrogen and oxygen atoms in total. The van der Waals surface area contributed by atoms with Crippen LogP contribution in [-0.4, -0.2) is 34.2 Å². The summed E-state index contributed by atoms with van der Waals surface area (Å²) in [5, 5.41) is 12.4. The van der Waals surface area contributed by atoms with Crippen molar-refractivity contribution in [3.05, 3.63) is 40.9 Å². The van der Waals surface area contributed by atoms with Gasteiger partial charge in [0, 0.05) is 36.1 Å². The van der Waals surface area contributed by atoms with Gasteiger partial charge in [0.15, 0.2) is 0 Å². The van der Waals surface area contributed by atoms with Crippen molar-refractivity contribution in [1.82, 2.24) is 9.88 Å². The highest BCUT2D eigenvalue weighted by molar-refractivity contribution is 7.13. The van der Waals surface area contributed by atoms with Crippen molar-refractivity contribution in [2.45, 2.75) is 33.1 Å². The predicted molar refractivity (Wildman–Crippen MR) is 93.0 cm³/mol. The number of fused-ring (bicyclic) bond motifs is 1. The Morgan fingerprint density at radius 3 is 2.78 bits per heavy atom. The number of benzene rings is 1. The SMILES string of the molecule is CC(C)(C)C1CN(C(=O)O)CCc2cc(-c3nccs3)ccc21. The van der Waals surface area contributed by atoms with Gasteiger partial charge in [0.25, 0.3) is 0 Å². The molecule has 1 aromatic heterocycles. The monoisotopic (exact) mass is 330 g/mol. The second-order valence-electron chi connectivity index (χ2n) is 7.15. The minimum absolute atomic E-state index is 0.00941. The maximum Gasteiger partial charge on any atom is 0.407 e. The van der Waals surface area contributed by atoms with Gasteiger partial charge in [0.05, 0.1) is 0 Å². The average molecular weight is 330 g/mol. The first-order valence-electron chi connectivity index (χ1n) is 7.87. The van der Waals surface area contributed by atoms with E-state index in [4.69, 9.17) is 0 Å². The molecule has 0 fully saturated rings. The molecule has 1 atom stereocenters. The summed E-state index contributed by atoms with van der Waals surface area (Å²) in [7, 11) is 0. The van der Waals surface area contributed by atoms with Crippen LogP contribution in [0.1, 0.15) is 37.8 Å². The number of amides is 1. The number of carbonyl (C=O) groups is 1. The third-order valence-corrected chi connectivity index (χ3v) is 5.39. The molecule has 1 N–H and O–H groups in total. The maximum absolute atomic E-state index is 11.5. The van der Waals surface area contributed by atoms with Crippen LogP contribution in [0.4, 0.5) is 4.79 Å². The first kappa shape index (κ1) is 16.0. The van der Waals surface area contributed by atoms with Gasteiger partial charge >= 0.3 is 6.09 Å². The molecular weight excluding hydrogens is 308 g/mol. The lowest BCUT2D eigenvalue weighted by Crippen LogP contribution is -2.36. The van der Waals surface area contributed by atoms with E-state index >= 15 is 0 Å². The standard InChI is InChI=1S/C18H22N2O2S/c1-18(2,3)15-11-20(17(21)22)8-6-12-10-13(4-5-14(12)15)16-19-7-9-23-16/h4-5,7,9-10,15H,6,8,11H2,1-3H3,(H,21,22). The van der Waals surface area contributed by atoms with Crippen molar-refractivity contribution in [2.75, 3.05) is 13.1 Å². The minimum atomic E-state index is -0.827. The maximum atomic E-state index is 11.5. The summed E-state index contributed by atoms with van der Waals surface area (Å²) in [6.07, 6.45) is 1.75. The number of aromatic nitrogens is 1. The largest absolute Gasteiger partial charge is 0.465 e. The van der Waals surface area contributed by atoms with E-state index < -0.39 is 6.09 Å². The molecule has 1 aromatic carbocycles. The van der Waals surface area contributed by atoms with Crippen LogP contribution in [0.15, 0.2) is 29.8 Å². The van der Waals surface area contributed by atoms with Crippen LogP contribution in [0.25, 0.3) is 10.6 Å². The molecule has 2 heterocycles. The Bertz CT molecular complexity index is 704. The zero-order valence-corrected chi connectivity index (χ0v) is 14.6. The van der Waals surface area contributed by atoms with Crippen molar-refractivity contribution in [3.63, 3.8) is 0 Å². The fraction of sp³-hybridized carbons (Fsp3) is 0.444. The minimum Gasteiger partial charge on any atom is -0.465 e. The van der Waals surface area contributed by atoms with Crippen LogP contribution >= 0.6 is 11.3 Å². The van der Waals surface area contributed by atoms with E-state index in [0.29, 0.717) is 13.1 Å². The lowest BCUT2D eigenvalue weighted by atomic mass is 9.75. The van der Waals surface area contributed by atoms with Crippen LogP contribution in [0.2, 0.25) is 0 Å². The third-order valence-electron chi connectivity index (χ3n) is 4.57. The van der Waals surface area contributed by atoms with Crippen LogP contribution in [0.3, 0.4) is 0 Å². The van der Waals surface area contributed by atoms with Gasteiger partial charge in [-0.05, 0) is 29.0 Å². The number of nitrogens with zero attached hydrogens (tertiary/aromatic N) is 2. The molecule has 23 heavy (non-hydrogen) atoms. The highest BCUT2D eigenvalue weighted by atomic mass is 32.1. The number of rotatable bonds is 1. The smallest absolute Gasteiger partial charge is 0.407 e. The van der Waals surface area contributed by atoms with Gasteiger partial charge in [-0.25, -0.2) is 9.78 Å². The molecule has 0 spiro atoms. The zero-order valence-electron chi connectivity index (χ0n) is 13.7. The second kappa shape index (κ2) is 5.96. The lowest BCUT2D eigenvalue weighted by Gasteiger charge is -2.33. The van der Waals surface area contributed by atoms with Crippen molar-refractivity contribution < 1.29 is 9.90 Å². The lowest BCUT2D eigenvalue weighted by molar-refractivity contribution is 0.135. The van der Waals surface area contributed by atoms with Gasteiger partial charge in [0.2, 0.25) is 0 Å². The van der Waals surface area contributed by atoms with Gasteiger partial charge in [-0.2, -0.15) is 0 Å². The van der Waals surface area contributed by atoms with E-state index in [2.05, 4.69) is 44.0 Å². The summed E-state index contributed by atoms with van der Waals surface area (Å²) in [5.41, 5.74) is 3.66. The molecule has 3 rings (SSSR count). The van der Waals surface area contributed by atoms with Crippen molar-refractivity contribution in [1.29, 1.82) is 0 Å². The third kappa shape index (κ3) is 3.24. The fourth-order valence-corrected chi connectivity index (χ4v) is 3.88. The number of carboxylic acid groups (broad SMARTS) is 1. The molecule has 1 aliphatic rings. The molecule has 0 aliphatic carbocycles. The molecule has 5 heteroatoms. The normalized spacial score (nSPS) is 18.4. The van der Waals surface area contributed by atoms with E-state index in [1.807, 2.05) is 11.6 Å². The second-order valence-corrected chi connectivity index (χ2v) is 8.04. The molecule has 0 radical (unpaired) electrons. The van der Waals surface area contributed by atoms with Crippen molar-refractivity contribution >= 4 is 17.4 Å². The van der Waals surface area contributed by atoms with Crippen LogP contribution in [0.5, 0.6) is 0 Å². The Balaban J connectivity index is 2.04. The Labute approximate surface area is 140 Å². The van der Waals surface area contributed by atoms with Crippen LogP contribution < -0.4 is 0 Å². The molecule has 1 aliphatic heterocycles. The summed E-state index contributed by atoms with van der Waals surface area (Å²) >= 11 is 1.63. The highest BCUT2D eigenvalue weighted by Crippen LogP contribution is 2.40. The summed E-state index contributed by atoms with van der Waals surface area (Å²) in [4.78, 5) is 17.4. The Kier molecular flexibility index (Phi) is 4.15. The number of thiazole rings is 1. The molecule has 0 bridgehead atoms. The topological polar surface area (TPSA) is 53.4 Å². The van der Waals surface area contributed by atoms with Crippen molar-refractivity contribution in [2.24, 2.45) is 5.41 Å². The summed E-state index contributed by atoms with van der Waals surface area (Å²) in [6, 6.07) is 6.48. The highest BCUT2D eigenvalue weighted by Gasteiger charge is 2.33. The molecule has 1 amide bonds. The molecule has 122 valence electrons. The number of hydrogen-bond acceptors (Lipinski definition) is 3. The van der Waals surface area contributed by atoms with E-state index in [9.17, 15) is 9.90 Å². The van der Waals surface area contributed by atoms with Crippen LogP contribution in [0, 0.1) is 5.41 Å². The van der Waals surface area contributed by atoms with E-state index in [0.717, 1.165) is 17.0 Å². The first-order chi connectivity index (χ1) is 10.9. The molecule has 0 saturated heterocycles. The molecule has 2 aromatic rings. The van der Waals surface area contributed by atoms with E-state index in [1.54, 1.807) is 16.2 Å². The van der Waals surface area contributed by atoms with E-state index in [1.165, 1.54) is 11.1 Å². The summed E-state index contributed by atoms with van der Waals surface area (Å²) < 4.78 is 0. The van der Waals surface area contributed by atoms with Crippen molar-refractivity contribution in [3.8, 4) is 10.6 Å². The number of hydrogen-bond donors (Lipinski definition) is 1. The average Bonchev–Trinajstić information content (AvgIpc) is 2.93. The zero-order chi connectivity index (χ0) is 16.6. The van der Waals surface area contributed by atoms with Crippen LogP contribution in [-0.2, 0) is 6.42 Å². The summed E-state index contributed by atoms with van der Waals surface area (Å²) in [6.45, 7) is 7.66. The Hall–Kier alpha value is -1.88. The van der Waals surface area contributed by atoms with Gasteiger partial charge < -0.3 is 10.0 Å². The Morgan fingerprint density at radius 2 is 2.17 bits per heavy atom. The van der Waals surface area contributed by atoms with Gasteiger partial charge in [0.1, 0.15) is 5.01 Å². The first-order valence-corrected chi connectivity index (χ1v) is 8.75. The summed E-state index contributed by atoms with van der Waals surface area (Å²) in [5.74, 6) is 0.196.